The smallest absolute Gasteiger partial charge is 0.243 e. The van der Waals surface area contributed by atoms with Crippen LogP contribution in [0.25, 0.3) is 0 Å². The molecule has 0 saturated carbocycles. The summed E-state index contributed by atoms with van der Waals surface area (Å²) in [4.78, 5) is 14.6. The van der Waals surface area contributed by atoms with Crippen molar-refractivity contribution in [2.24, 2.45) is 10.7 Å². The first-order valence-electron chi connectivity index (χ1n) is 4.56. The average molecular weight is 217 g/mol. The molecule has 1 rings (SSSR count). The van der Waals surface area contributed by atoms with Gasteiger partial charge in [-0.05, 0) is 6.42 Å². The zero-order valence-electron chi connectivity index (χ0n) is 7.99. The summed E-state index contributed by atoms with van der Waals surface area (Å²) in [6, 6.07) is 0. The van der Waals surface area contributed by atoms with Gasteiger partial charge in [-0.15, -0.1) is 0 Å². The maximum absolute atomic E-state index is 10.3. The van der Waals surface area contributed by atoms with Gasteiger partial charge in [0.15, 0.2) is 5.17 Å². The fourth-order valence-corrected chi connectivity index (χ4v) is 1.82. The number of ether oxygens (including phenoxy) is 1. The van der Waals surface area contributed by atoms with Crippen LogP contribution in [0.3, 0.4) is 0 Å². The molecule has 0 aromatic carbocycles. The van der Waals surface area contributed by atoms with Crippen LogP contribution in [0.4, 0.5) is 0 Å². The number of amides is 1. The predicted octanol–water partition coefficient (Wildman–Crippen LogP) is -0.429. The van der Waals surface area contributed by atoms with Crippen LogP contribution in [0.2, 0.25) is 0 Å². The van der Waals surface area contributed by atoms with Gasteiger partial charge in [0.05, 0.1) is 6.61 Å². The Bertz CT molecular complexity index is 221. The first kappa shape index (κ1) is 11.3. The molecule has 1 amide bonds. The summed E-state index contributed by atoms with van der Waals surface area (Å²) >= 11 is 1.72. The lowest BCUT2D eigenvalue weighted by atomic mass is 10.5. The van der Waals surface area contributed by atoms with Crippen LogP contribution in [-0.4, -0.2) is 43.1 Å². The number of rotatable bonds is 5. The van der Waals surface area contributed by atoms with Crippen LogP contribution in [0.15, 0.2) is 4.99 Å². The van der Waals surface area contributed by atoms with Crippen molar-refractivity contribution in [1.82, 2.24) is 5.32 Å². The summed E-state index contributed by atoms with van der Waals surface area (Å²) in [6.07, 6.45) is 1.15. The molecule has 0 aromatic heterocycles. The lowest BCUT2D eigenvalue weighted by Crippen LogP contribution is -2.28. The van der Waals surface area contributed by atoms with Gasteiger partial charge in [-0.25, -0.2) is 0 Å². The van der Waals surface area contributed by atoms with Gasteiger partial charge in [0, 0.05) is 18.8 Å². The zero-order valence-corrected chi connectivity index (χ0v) is 8.81. The molecule has 0 saturated heterocycles. The number of hydrogen-bond donors (Lipinski definition) is 2. The molecule has 0 fully saturated rings. The molecule has 0 atom stereocenters. The Labute approximate surface area is 87.5 Å². The van der Waals surface area contributed by atoms with E-state index in [1.165, 1.54) is 0 Å². The topological polar surface area (TPSA) is 76.7 Å². The largest absolute Gasteiger partial charge is 0.370 e. The van der Waals surface area contributed by atoms with Crippen molar-refractivity contribution in [2.45, 2.75) is 6.42 Å². The van der Waals surface area contributed by atoms with Gasteiger partial charge in [-0.2, -0.15) is 0 Å². The van der Waals surface area contributed by atoms with Crippen LogP contribution in [0, 0.1) is 0 Å². The van der Waals surface area contributed by atoms with Gasteiger partial charge in [-0.3, -0.25) is 9.79 Å². The van der Waals surface area contributed by atoms with Gasteiger partial charge in [0.1, 0.15) is 6.61 Å². The lowest BCUT2D eigenvalue weighted by Gasteiger charge is -2.12. The fraction of sp³-hybridized carbons (Fsp3) is 0.750. The molecule has 0 bridgehead atoms. The summed E-state index contributed by atoms with van der Waals surface area (Å²) in [5.41, 5.74) is 4.91. The summed E-state index contributed by atoms with van der Waals surface area (Å²) < 4.78 is 4.98. The Morgan fingerprint density at radius 1 is 1.71 bits per heavy atom. The molecule has 5 nitrogen and oxygen atoms in total. The summed E-state index contributed by atoms with van der Waals surface area (Å²) in [6.45, 7) is 2.03. The molecular formula is C8H15N3O2S. The molecule has 14 heavy (non-hydrogen) atoms. The van der Waals surface area contributed by atoms with Crippen molar-refractivity contribution >= 4 is 22.8 Å². The third-order valence-electron chi connectivity index (χ3n) is 1.56. The van der Waals surface area contributed by atoms with Crippen molar-refractivity contribution in [3.63, 3.8) is 0 Å². The second-order valence-electron chi connectivity index (χ2n) is 2.83. The number of amidine groups is 1. The highest BCUT2D eigenvalue weighted by Gasteiger charge is 2.04. The Balaban J connectivity index is 1.98. The molecule has 1 aliphatic rings. The van der Waals surface area contributed by atoms with Gasteiger partial charge < -0.3 is 15.8 Å². The third-order valence-corrected chi connectivity index (χ3v) is 2.60. The maximum Gasteiger partial charge on any atom is 0.243 e. The van der Waals surface area contributed by atoms with Crippen molar-refractivity contribution in [1.29, 1.82) is 0 Å². The highest BCUT2D eigenvalue weighted by atomic mass is 32.2. The Kier molecular flexibility index (Phi) is 5.39. The van der Waals surface area contributed by atoms with E-state index in [1.807, 2.05) is 0 Å². The van der Waals surface area contributed by atoms with E-state index < -0.39 is 5.91 Å². The van der Waals surface area contributed by atoms with Crippen LogP contribution < -0.4 is 11.1 Å². The van der Waals surface area contributed by atoms with Gasteiger partial charge >= 0.3 is 0 Å². The SMILES string of the molecule is NC(=O)COCCNC1=NCCCS1. The first-order chi connectivity index (χ1) is 6.79. The standard InChI is InChI=1S/C8H15N3O2S/c9-7(12)6-13-4-3-11-8-10-2-1-5-14-8/h1-6H2,(H2,9,12)(H,10,11). The monoisotopic (exact) mass is 217 g/mol. The van der Waals surface area contributed by atoms with E-state index in [0.717, 1.165) is 23.9 Å². The second-order valence-corrected chi connectivity index (χ2v) is 3.92. The summed E-state index contributed by atoms with van der Waals surface area (Å²) in [5, 5.41) is 4.10. The number of nitrogens with two attached hydrogens (primary N) is 1. The first-order valence-corrected chi connectivity index (χ1v) is 5.55. The zero-order chi connectivity index (χ0) is 10.2. The Morgan fingerprint density at radius 2 is 2.57 bits per heavy atom. The van der Waals surface area contributed by atoms with E-state index in [-0.39, 0.29) is 6.61 Å². The van der Waals surface area contributed by atoms with E-state index in [2.05, 4.69) is 10.3 Å². The van der Waals surface area contributed by atoms with Gasteiger partial charge in [0.2, 0.25) is 5.91 Å². The minimum absolute atomic E-state index is 0.0126. The molecule has 3 N–H and O–H groups in total. The van der Waals surface area contributed by atoms with Gasteiger partial charge in [0.25, 0.3) is 0 Å². The van der Waals surface area contributed by atoms with Gasteiger partial charge in [-0.1, -0.05) is 11.8 Å². The average Bonchev–Trinajstić information content (AvgIpc) is 2.18. The van der Waals surface area contributed by atoms with E-state index in [4.69, 9.17) is 10.5 Å². The number of nitrogens with zero attached hydrogens (tertiary/aromatic N) is 1. The Hall–Kier alpha value is -0.750. The minimum atomic E-state index is -0.436. The lowest BCUT2D eigenvalue weighted by molar-refractivity contribution is -0.122. The number of carbonyl (C=O) groups excluding carboxylic acids is 1. The third kappa shape index (κ3) is 5.08. The van der Waals surface area contributed by atoms with Crippen LogP contribution in [0.1, 0.15) is 6.42 Å². The van der Waals surface area contributed by atoms with Crippen molar-refractivity contribution in [3.05, 3.63) is 0 Å². The summed E-state index contributed by atoms with van der Waals surface area (Å²) in [7, 11) is 0. The van der Waals surface area contributed by atoms with Crippen LogP contribution in [0.5, 0.6) is 0 Å². The second kappa shape index (κ2) is 6.67. The minimum Gasteiger partial charge on any atom is -0.370 e. The van der Waals surface area contributed by atoms with Crippen molar-refractivity contribution in [3.8, 4) is 0 Å². The number of nitrogens with one attached hydrogen (secondary N) is 1. The highest BCUT2D eigenvalue weighted by Crippen LogP contribution is 2.09. The fourth-order valence-electron chi connectivity index (χ4n) is 0.969. The van der Waals surface area contributed by atoms with Crippen molar-refractivity contribution < 1.29 is 9.53 Å². The van der Waals surface area contributed by atoms with E-state index in [9.17, 15) is 4.79 Å². The van der Waals surface area contributed by atoms with Crippen LogP contribution >= 0.6 is 11.8 Å². The predicted molar refractivity (Wildman–Crippen MR) is 57.4 cm³/mol. The quantitative estimate of drug-likeness (QED) is 0.613. The number of carbonyl (C=O) groups is 1. The molecule has 0 radical (unpaired) electrons. The molecule has 6 heteroatoms. The van der Waals surface area contributed by atoms with Crippen LogP contribution in [-0.2, 0) is 9.53 Å². The van der Waals surface area contributed by atoms with Crippen molar-refractivity contribution in [2.75, 3.05) is 32.1 Å². The highest BCUT2D eigenvalue weighted by molar-refractivity contribution is 8.13. The number of thioether (sulfide) groups is 1. The molecular weight excluding hydrogens is 202 g/mol. The molecule has 1 heterocycles. The number of hydrogen-bond acceptors (Lipinski definition) is 5. The number of primary amides is 1. The normalized spacial score (nSPS) is 16.1. The Morgan fingerprint density at radius 3 is 3.21 bits per heavy atom. The molecule has 1 aliphatic heterocycles. The van der Waals surface area contributed by atoms with E-state index in [0.29, 0.717) is 13.2 Å². The van der Waals surface area contributed by atoms with E-state index in [1.54, 1.807) is 11.8 Å². The summed E-state index contributed by atoms with van der Waals surface area (Å²) in [5.74, 6) is 0.683. The molecule has 0 aromatic rings. The number of aliphatic imine (C=N–C) groups is 1. The molecule has 0 unspecified atom stereocenters. The van der Waals surface area contributed by atoms with E-state index >= 15 is 0 Å². The maximum atomic E-state index is 10.3. The molecule has 0 aliphatic carbocycles. The molecule has 0 spiro atoms. The molecule has 80 valence electrons.